The molecule has 0 fully saturated rings. The van der Waals surface area contributed by atoms with Crippen LogP contribution < -0.4 is 4.31 Å². The van der Waals surface area contributed by atoms with Crippen LogP contribution in [0.15, 0.2) is 47.4 Å². The first-order valence-corrected chi connectivity index (χ1v) is 8.55. The molecule has 0 saturated carbocycles. The quantitative estimate of drug-likeness (QED) is 0.852. The van der Waals surface area contributed by atoms with Gasteiger partial charge in [-0.2, -0.15) is 0 Å². The number of benzene rings is 2. The lowest BCUT2D eigenvalue weighted by Crippen LogP contribution is -2.36. The predicted octanol–water partition coefficient (Wildman–Crippen LogP) is 3.44. The van der Waals surface area contributed by atoms with Gasteiger partial charge in [-0.05, 0) is 56.0 Å². The Morgan fingerprint density at radius 3 is 2.57 bits per heavy atom. The Morgan fingerprint density at radius 1 is 1.10 bits per heavy atom. The van der Waals surface area contributed by atoms with Gasteiger partial charge in [0.05, 0.1) is 10.6 Å². The summed E-state index contributed by atoms with van der Waals surface area (Å²) in [4.78, 5) is 0.408. The van der Waals surface area contributed by atoms with Crippen LogP contribution in [0.1, 0.15) is 23.6 Å². The highest BCUT2D eigenvalue weighted by Gasteiger charge is 2.36. The molecule has 0 aliphatic carbocycles. The SMILES string of the molecule is Cc1ccc(C)c(S(=O)(=O)N2c3ccccc3C[C@H]2C)c1. The first-order chi connectivity index (χ1) is 9.91. The number of hydrogen-bond acceptors (Lipinski definition) is 2. The summed E-state index contributed by atoms with van der Waals surface area (Å²) in [5, 5.41) is 0. The lowest BCUT2D eigenvalue weighted by atomic mass is 10.1. The van der Waals surface area contributed by atoms with Crippen molar-refractivity contribution >= 4 is 15.7 Å². The standard InChI is InChI=1S/C17H19NO2S/c1-12-8-9-13(2)17(10-12)21(19,20)18-14(3)11-15-6-4-5-7-16(15)18/h4-10,14H,11H2,1-3H3/t14-/m1/s1. The third-order valence-corrected chi connectivity index (χ3v) is 6.10. The van der Waals surface area contributed by atoms with Crippen LogP contribution in [0.25, 0.3) is 0 Å². The van der Waals surface area contributed by atoms with Crippen molar-refractivity contribution in [1.82, 2.24) is 0 Å². The van der Waals surface area contributed by atoms with E-state index in [4.69, 9.17) is 0 Å². The molecule has 0 spiro atoms. The van der Waals surface area contributed by atoms with E-state index in [9.17, 15) is 8.42 Å². The highest BCUT2D eigenvalue weighted by atomic mass is 32.2. The number of aryl methyl sites for hydroxylation is 2. The Kier molecular flexibility index (Phi) is 3.29. The van der Waals surface area contributed by atoms with Gasteiger partial charge in [-0.25, -0.2) is 8.42 Å². The number of fused-ring (bicyclic) bond motifs is 1. The van der Waals surface area contributed by atoms with Crippen molar-refractivity contribution in [2.45, 2.75) is 38.1 Å². The molecule has 1 atom stereocenters. The number of rotatable bonds is 2. The Hall–Kier alpha value is -1.81. The Balaban J connectivity index is 2.17. The van der Waals surface area contributed by atoms with Crippen LogP contribution in [0.3, 0.4) is 0 Å². The van der Waals surface area contributed by atoms with Gasteiger partial charge in [0.25, 0.3) is 10.0 Å². The molecule has 2 aromatic carbocycles. The van der Waals surface area contributed by atoms with Crippen molar-refractivity contribution in [1.29, 1.82) is 0 Å². The minimum absolute atomic E-state index is 0.0488. The van der Waals surface area contributed by atoms with Gasteiger partial charge in [-0.1, -0.05) is 30.3 Å². The highest BCUT2D eigenvalue weighted by molar-refractivity contribution is 7.93. The largest absolute Gasteiger partial charge is 0.264 e. The number of nitrogens with zero attached hydrogens (tertiary/aromatic N) is 1. The molecule has 2 aromatic rings. The molecule has 110 valence electrons. The minimum atomic E-state index is -3.52. The van der Waals surface area contributed by atoms with Gasteiger partial charge >= 0.3 is 0 Å². The first kappa shape index (κ1) is 14.1. The topological polar surface area (TPSA) is 37.4 Å². The average molecular weight is 301 g/mol. The Morgan fingerprint density at radius 2 is 1.81 bits per heavy atom. The smallest absolute Gasteiger partial charge is 0.263 e. The summed E-state index contributed by atoms with van der Waals surface area (Å²) in [6, 6.07) is 13.3. The summed E-state index contributed by atoms with van der Waals surface area (Å²) in [6.07, 6.45) is 0.764. The fourth-order valence-electron chi connectivity index (χ4n) is 2.99. The second kappa shape index (κ2) is 4.88. The summed E-state index contributed by atoms with van der Waals surface area (Å²) in [5.74, 6) is 0. The maximum absolute atomic E-state index is 13.1. The van der Waals surface area contributed by atoms with E-state index in [0.717, 1.165) is 28.8 Å². The fraction of sp³-hybridized carbons (Fsp3) is 0.294. The zero-order valence-corrected chi connectivity index (χ0v) is 13.3. The van der Waals surface area contributed by atoms with Crippen molar-refractivity contribution in [3.8, 4) is 0 Å². The van der Waals surface area contributed by atoms with Gasteiger partial charge in [0.15, 0.2) is 0 Å². The van der Waals surface area contributed by atoms with E-state index in [-0.39, 0.29) is 6.04 Å². The van der Waals surface area contributed by atoms with Gasteiger partial charge in [0.1, 0.15) is 0 Å². The molecule has 1 heterocycles. The maximum Gasteiger partial charge on any atom is 0.264 e. The summed E-state index contributed by atoms with van der Waals surface area (Å²) in [7, 11) is -3.52. The van der Waals surface area contributed by atoms with Gasteiger partial charge < -0.3 is 0 Å². The molecule has 0 bridgehead atoms. The normalized spacial score (nSPS) is 17.9. The van der Waals surface area contributed by atoms with Crippen molar-refractivity contribution in [3.05, 3.63) is 59.2 Å². The number of anilines is 1. The van der Waals surface area contributed by atoms with Gasteiger partial charge in [0, 0.05) is 6.04 Å². The average Bonchev–Trinajstić information content (AvgIpc) is 2.77. The molecule has 4 heteroatoms. The monoisotopic (exact) mass is 301 g/mol. The molecule has 1 aliphatic heterocycles. The molecule has 0 N–H and O–H groups in total. The van der Waals surface area contributed by atoms with Crippen molar-refractivity contribution in [2.75, 3.05) is 4.31 Å². The third-order valence-electron chi connectivity index (χ3n) is 4.03. The molecule has 0 radical (unpaired) electrons. The van der Waals surface area contributed by atoms with Crippen LogP contribution in [-0.2, 0) is 16.4 Å². The molecule has 1 aliphatic rings. The lowest BCUT2D eigenvalue weighted by Gasteiger charge is -2.25. The van der Waals surface area contributed by atoms with Gasteiger partial charge in [-0.3, -0.25) is 4.31 Å². The van der Waals surface area contributed by atoms with Gasteiger partial charge in [0.2, 0.25) is 0 Å². The molecule has 0 unspecified atom stereocenters. The number of para-hydroxylation sites is 1. The van der Waals surface area contributed by atoms with Crippen LogP contribution in [0.4, 0.5) is 5.69 Å². The molecule has 0 aromatic heterocycles. The van der Waals surface area contributed by atoms with Crippen LogP contribution >= 0.6 is 0 Å². The summed E-state index contributed by atoms with van der Waals surface area (Å²) in [5.41, 5.74) is 3.65. The van der Waals surface area contributed by atoms with Gasteiger partial charge in [-0.15, -0.1) is 0 Å². The van der Waals surface area contributed by atoms with E-state index < -0.39 is 10.0 Å². The van der Waals surface area contributed by atoms with E-state index in [2.05, 4.69) is 0 Å². The summed E-state index contributed by atoms with van der Waals surface area (Å²) < 4.78 is 27.8. The molecule has 21 heavy (non-hydrogen) atoms. The maximum atomic E-state index is 13.1. The Labute approximate surface area is 126 Å². The number of sulfonamides is 1. The molecular formula is C17H19NO2S. The zero-order valence-electron chi connectivity index (χ0n) is 12.5. The summed E-state index contributed by atoms with van der Waals surface area (Å²) in [6.45, 7) is 5.72. The van der Waals surface area contributed by atoms with E-state index >= 15 is 0 Å². The lowest BCUT2D eigenvalue weighted by molar-refractivity contribution is 0.583. The predicted molar refractivity (Wildman–Crippen MR) is 85.2 cm³/mol. The van der Waals surface area contributed by atoms with Crippen molar-refractivity contribution in [2.24, 2.45) is 0 Å². The first-order valence-electron chi connectivity index (χ1n) is 7.11. The second-order valence-electron chi connectivity index (χ2n) is 5.75. The van der Waals surface area contributed by atoms with Crippen molar-refractivity contribution in [3.63, 3.8) is 0 Å². The Bertz CT molecular complexity index is 796. The third kappa shape index (κ3) is 2.23. The van der Waals surface area contributed by atoms with E-state index in [0.29, 0.717) is 4.90 Å². The van der Waals surface area contributed by atoms with Crippen LogP contribution in [0.2, 0.25) is 0 Å². The highest BCUT2D eigenvalue weighted by Crippen LogP contribution is 2.37. The van der Waals surface area contributed by atoms with Crippen LogP contribution in [0.5, 0.6) is 0 Å². The molecular weight excluding hydrogens is 282 g/mol. The van der Waals surface area contributed by atoms with Crippen molar-refractivity contribution < 1.29 is 8.42 Å². The zero-order chi connectivity index (χ0) is 15.2. The fourth-order valence-corrected chi connectivity index (χ4v) is 5.00. The molecule has 3 nitrogen and oxygen atoms in total. The van der Waals surface area contributed by atoms with E-state index in [1.807, 2.05) is 57.2 Å². The van der Waals surface area contributed by atoms with E-state index in [1.165, 1.54) is 0 Å². The van der Waals surface area contributed by atoms with Crippen LogP contribution in [0, 0.1) is 13.8 Å². The number of hydrogen-bond donors (Lipinski definition) is 0. The van der Waals surface area contributed by atoms with Crippen LogP contribution in [-0.4, -0.2) is 14.5 Å². The molecule has 0 amide bonds. The molecule has 0 saturated heterocycles. The summed E-state index contributed by atoms with van der Waals surface area (Å²) >= 11 is 0. The second-order valence-corrected chi connectivity index (χ2v) is 7.54. The molecule has 3 rings (SSSR count). The van der Waals surface area contributed by atoms with E-state index in [1.54, 1.807) is 10.4 Å². The minimum Gasteiger partial charge on any atom is -0.263 e.